The molecule has 25 heavy (non-hydrogen) atoms. The molecule has 1 saturated heterocycles. The van der Waals surface area contributed by atoms with Crippen molar-refractivity contribution >= 4 is 0 Å². The summed E-state index contributed by atoms with van der Waals surface area (Å²) in [5, 5.41) is 0. The maximum absolute atomic E-state index is 13.8. The molecule has 2 aromatic rings. The van der Waals surface area contributed by atoms with E-state index >= 15 is 0 Å². The van der Waals surface area contributed by atoms with Crippen molar-refractivity contribution in [3.05, 3.63) is 65.7 Å². The molecule has 3 rings (SSSR count). The standard InChI is InChI=1S/C21H28FN3/c1-24(15-18-8-11-23-12-9-18)16-19-5-4-13-25(17-19)14-10-20-6-2-3-7-21(20)22/h2-3,6-9,11-12,19H,4-5,10,13-17H2,1H3/t19-/m1/s1. The number of hydrogen-bond donors (Lipinski definition) is 0. The summed E-state index contributed by atoms with van der Waals surface area (Å²) in [5.41, 5.74) is 2.14. The highest BCUT2D eigenvalue weighted by atomic mass is 19.1. The van der Waals surface area contributed by atoms with Gasteiger partial charge in [0, 0.05) is 38.6 Å². The summed E-state index contributed by atoms with van der Waals surface area (Å²) in [6.45, 7) is 5.28. The lowest BCUT2D eigenvalue weighted by molar-refractivity contribution is 0.142. The number of benzene rings is 1. The molecule has 0 N–H and O–H groups in total. The zero-order chi connectivity index (χ0) is 17.5. The SMILES string of the molecule is CN(Cc1ccncc1)C[C@H]1CCCN(CCc2ccccc2F)C1. The lowest BCUT2D eigenvalue weighted by Gasteiger charge is -2.34. The van der Waals surface area contributed by atoms with E-state index in [4.69, 9.17) is 0 Å². The van der Waals surface area contributed by atoms with Crippen LogP contribution >= 0.6 is 0 Å². The maximum atomic E-state index is 13.8. The largest absolute Gasteiger partial charge is 0.303 e. The van der Waals surface area contributed by atoms with Crippen molar-refractivity contribution in [1.29, 1.82) is 0 Å². The molecular weight excluding hydrogens is 313 g/mol. The summed E-state index contributed by atoms with van der Waals surface area (Å²) in [6, 6.07) is 11.3. The van der Waals surface area contributed by atoms with E-state index < -0.39 is 0 Å². The number of likely N-dealkylation sites (tertiary alicyclic amines) is 1. The predicted octanol–water partition coefficient (Wildman–Crippen LogP) is 3.61. The van der Waals surface area contributed by atoms with E-state index in [1.807, 2.05) is 24.5 Å². The molecule has 1 aromatic heterocycles. The van der Waals surface area contributed by atoms with Crippen LogP contribution in [0.4, 0.5) is 4.39 Å². The minimum Gasteiger partial charge on any atom is -0.303 e. The van der Waals surface area contributed by atoms with Crippen molar-refractivity contribution in [2.24, 2.45) is 5.92 Å². The van der Waals surface area contributed by atoms with Gasteiger partial charge in [0.15, 0.2) is 0 Å². The first-order valence-corrected chi connectivity index (χ1v) is 9.24. The molecule has 3 nitrogen and oxygen atoms in total. The summed E-state index contributed by atoms with van der Waals surface area (Å²) >= 11 is 0. The van der Waals surface area contributed by atoms with Crippen molar-refractivity contribution < 1.29 is 4.39 Å². The molecule has 1 fully saturated rings. The van der Waals surface area contributed by atoms with E-state index in [1.165, 1.54) is 18.4 Å². The second-order valence-electron chi connectivity index (χ2n) is 7.20. The van der Waals surface area contributed by atoms with Gasteiger partial charge in [-0.25, -0.2) is 4.39 Å². The molecule has 0 bridgehead atoms. The number of piperidine rings is 1. The lowest BCUT2D eigenvalue weighted by atomic mass is 9.97. The second kappa shape index (κ2) is 9.07. The van der Waals surface area contributed by atoms with Gasteiger partial charge in [-0.15, -0.1) is 0 Å². The quantitative estimate of drug-likeness (QED) is 0.767. The average Bonchev–Trinajstić information content (AvgIpc) is 2.62. The molecular formula is C21H28FN3. The van der Waals surface area contributed by atoms with Crippen LogP contribution in [0.15, 0.2) is 48.8 Å². The smallest absolute Gasteiger partial charge is 0.126 e. The third kappa shape index (κ3) is 5.62. The van der Waals surface area contributed by atoms with E-state index in [9.17, 15) is 4.39 Å². The summed E-state index contributed by atoms with van der Waals surface area (Å²) < 4.78 is 13.8. The van der Waals surface area contributed by atoms with Crippen molar-refractivity contribution in [3.8, 4) is 0 Å². The van der Waals surface area contributed by atoms with Crippen LogP contribution in [0, 0.1) is 11.7 Å². The Morgan fingerprint density at radius 3 is 2.80 bits per heavy atom. The fourth-order valence-electron chi connectivity index (χ4n) is 3.79. The molecule has 1 aromatic carbocycles. The first-order chi connectivity index (χ1) is 12.2. The monoisotopic (exact) mass is 341 g/mol. The summed E-state index contributed by atoms with van der Waals surface area (Å²) in [6.07, 6.45) is 7.04. The third-order valence-electron chi connectivity index (χ3n) is 5.03. The van der Waals surface area contributed by atoms with E-state index in [0.29, 0.717) is 5.92 Å². The van der Waals surface area contributed by atoms with Crippen LogP contribution in [-0.4, -0.2) is 48.0 Å². The van der Waals surface area contributed by atoms with Crippen molar-refractivity contribution in [3.63, 3.8) is 0 Å². The van der Waals surface area contributed by atoms with Crippen LogP contribution in [0.3, 0.4) is 0 Å². The van der Waals surface area contributed by atoms with Gasteiger partial charge in [0.05, 0.1) is 0 Å². The van der Waals surface area contributed by atoms with Crippen LogP contribution in [0.1, 0.15) is 24.0 Å². The van der Waals surface area contributed by atoms with E-state index in [-0.39, 0.29) is 5.82 Å². The van der Waals surface area contributed by atoms with Crippen molar-refractivity contribution in [2.45, 2.75) is 25.8 Å². The van der Waals surface area contributed by atoms with Crippen LogP contribution in [0.25, 0.3) is 0 Å². The van der Waals surface area contributed by atoms with Gasteiger partial charge >= 0.3 is 0 Å². The second-order valence-corrected chi connectivity index (χ2v) is 7.20. The van der Waals surface area contributed by atoms with Gasteiger partial charge in [-0.2, -0.15) is 0 Å². The molecule has 1 aliphatic rings. The Labute approximate surface area is 150 Å². The summed E-state index contributed by atoms with van der Waals surface area (Å²) in [7, 11) is 2.19. The third-order valence-corrected chi connectivity index (χ3v) is 5.03. The Morgan fingerprint density at radius 2 is 2.00 bits per heavy atom. The van der Waals surface area contributed by atoms with Gasteiger partial charge in [0.1, 0.15) is 5.82 Å². The van der Waals surface area contributed by atoms with E-state index in [0.717, 1.165) is 44.7 Å². The molecule has 0 amide bonds. The first-order valence-electron chi connectivity index (χ1n) is 9.24. The molecule has 1 aliphatic heterocycles. The molecule has 2 heterocycles. The van der Waals surface area contributed by atoms with E-state index in [1.54, 1.807) is 12.1 Å². The normalized spacial score (nSPS) is 18.6. The molecule has 134 valence electrons. The minimum atomic E-state index is -0.0758. The molecule has 1 atom stereocenters. The molecule has 0 unspecified atom stereocenters. The fraction of sp³-hybridized carbons (Fsp3) is 0.476. The molecule has 0 spiro atoms. The number of halogens is 1. The number of pyridine rings is 1. The van der Waals surface area contributed by atoms with Crippen LogP contribution < -0.4 is 0 Å². The van der Waals surface area contributed by atoms with Crippen molar-refractivity contribution in [2.75, 3.05) is 33.2 Å². The van der Waals surface area contributed by atoms with Crippen molar-refractivity contribution in [1.82, 2.24) is 14.8 Å². The number of hydrogen-bond acceptors (Lipinski definition) is 3. The van der Waals surface area contributed by atoms with Crippen LogP contribution in [0.2, 0.25) is 0 Å². The first kappa shape index (κ1) is 18.0. The van der Waals surface area contributed by atoms with Gasteiger partial charge in [0.2, 0.25) is 0 Å². The Hall–Kier alpha value is -1.78. The Kier molecular flexibility index (Phi) is 6.54. The molecule has 0 radical (unpaired) electrons. The van der Waals surface area contributed by atoms with Gasteiger partial charge in [-0.05, 0) is 68.1 Å². The Bertz CT molecular complexity index is 647. The van der Waals surface area contributed by atoms with Crippen LogP contribution in [-0.2, 0) is 13.0 Å². The minimum absolute atomic E-state index is 0.0758. The topological polar surface area (TPSA) is 19.4 Å². The average molecular weight is 341 g/mol. The summed E-state index contributed by atoms with van der Waals surface area (Å²) in [4.78, 5) is 8.98. The molecule has 4 heteroatoms. The number of nitrogens with zero attached hydrogens (tertiary/aromatic N) is 3. The predicted molar refractivity (Wildman–Crippen MR) is 99.8 cm³/mol. The summed E-state index contributed by atoms with van der Waals surface area (Å²) in [5.74, 6) is 0.620. The highest BCUT2D eigenvalue weighted by Crippen LogP contribution is 2.19. The molecule has 0 saturated carbocycles. The zero-order valence-corrected chi connectivity index (χ0v) is 15.1. The Morgan fingerprint density at radius 1 is 1.20 bits per heavy atom. The van der Waals surface area contributed by atoms with Gasteiger partial charge in [-0.1, -0.05) is 18.2 Å². The van der Waals surface area contributed by atoms with Gasteiger partial charge < -0.3 is 9.80 Å². The van der Waals surface area contributed by atoms with Gasteiger partial charge in [-0.3, -0.25) is 4.98 Å². The van der Waals surface area contributed by atoms with Gasteiger partial charge in [0.25, 0.3) is 0 Å². The lowest BCUT2D eigenvalue weighted by Crippen LogP contribution is -2.40. The highest BCUT2D eigenvalue weighted by molar-refractivity contribution is 5.17. The van der Waals surface area contributed by atoms with E-state index in [2.05, 4.69) is 34.0 Å². The Balaban J connectivity index is 1.45. The molecule has 0 aliphatic carbocycles. The maximum Gasteiger partial charge on any atom is 0.126 e. The van der Waals surface area contributed by atoms with Crippen LogP contribution in [0.5, 0.6) is 0 Å². The zero-order valence-electron chi connectivity index (χ0n) is 15.1. The number of aromatic nitrogens is 1. The highest BCUT2D eigenvalue weighted by Gasteiger charge is 2.21. The fourth-order valence-corrected chi connectivity index (χ4v) is 3.79. The number of rotatable bonds is 7.